The SMILES string of the molecule is CCCCCCCCCCCCCCCCCCCCCCCCCCCCCCCCCCCCC(=O)N[C@@H](COP(=O)(O)OCC[N+](C)(C)C)[C@H](O)CCCCCCCCCCCCCCCC. The Morgan fingerprint density at radius 1 is 0.429 bits per heavy atom. The lowest BCUT2D eigenvalue weighted by molar-refractivity contribution is -0.870. The predicted octanol–water partition coefficient (Wildman–Crippen LogP) is 19.2. The van der Waals surface area contributed by atoms with Crippen LogP contribution in [-0.4, -0.2) is 73.4 Å². The Hall–Kier alpha value is -0.500. The molecule has 0 aliphatic heterocycles. The smallest absolute Gasteiger partial charge is 0.391 e. The van der Waals surface area contributed by atoms with Gasteiger partial charge in [0.25, 0.3) is 0 Å². The number of nitrogens with one attached hydrogen (secondary N) is 1. The van der Waals surface area contributed by atoms with Gasteiger partial charge in [-0.3, -0.25) is 13.8 Å². The molecule has 0 saturated carbocycles. The number of nitrogens with zero attached hydrogens (tertiary/aromatic N) is 1. The minimum absolute atomic E-state index is 0.0790. The van der Waals surface area contributed by atoms with Gasteiger partial charge in [0.05, 0.1) is 39.9 Å². The van der Waals surface area contributed by atoms with E-state index in [0.717, 1.165) is 38.5 Å². The molecule has 0 aromatic carbocycles. The van der Waals surface area contributed by atoms with Crippen LogP contribution in [0.4, 0.5) is 0 Å². The van der Waals surface area contributed by atoms with Gasteiger partial charge in [-0.05, 0) is 12.8 Å². The highest BCUT2D eigenvalue weighted by atomic mass is 31.2. The Bertz CT molecular complexity index is 1100. The van der Waals surface area contributed by atoms with Crippen LogP contribution >= 0.6 is 7.82 Å². The Labute approximate surface area is 438 Å². The first-order valence-electron chi connectivity index (χ1n) is 31.4. The molecule has 420 valence electrons. The number of rotatable bonds is 59. The van der Waals surface area contributed by atoms with Crippen molar-refractivity contribution in [3.8, 4) is 0 Å². The first-order chi connectivity index (χ1) is 34.0. The molecule has 0 saturated heterocycles. The summed E-state index contributed by atoms with van der Waals surface area (Å²) in [5.41, 5.74) is 0. The highest BCUT2D eigenvalue weighted by Gasteiger charge is 2.28. The van der Waals surface area contributed by atoms with Crippen LogP contribution in [0.25, 0.3) is 0 Å². The van der Waals surface area contributed by atoms with Crippen molar-refractivity contribution in [2.75, 3.05) is 40.9 Å². The van der Waals surface area contributed by atoms with E-state index in [9.17, 15) is 19.4 Å². The van der Waals surface area contributed by atoms with Crippen LogP contribution in [0.3, 0.4) is 0 Å². The molecule has 0 radical (unpaired) electrons. The summed E-state index contributed by atoms with van der Waals surface area (Å²) < 4.78 is 23.8. The molecule has 0 heterocycles. The third-order valence-electron chi connectivity index (χ3n) is 14.9. The fraction of sp³-hybridized carbons (Fsp3) is 0.984. The molecule has 0 aromatic rings. The highest BCUT2D eigenvalue weighted by Crippen LogP contribution is 2.43. The lowest BCUT2D eigenvalue weighted by Crippen LogP contribution is -2.46. The van der Waals surface area contributed by atoms with Gasteiger partial charge in [-0.2, -0.15) is 0 Å². The van der Waals surface area contributed by atoms with E-state index in [1.54, 1.807) is 0 Å². The van der Waals surface area contributed by atoms with Crippen LogP contribution in [0.2, 0.25) is 0 Å². The topological polar surface area (TPSA) is 105 Å². The molecule has 3 atom stereocenters. The molecular formula is C61H126N2O6P+. The van der Waals surface area contributed by atoms with Crippen molar-refractivity contribution in [2.24, 2.45) is 0 Å². The molecule has 8 nitrogen and oxygen atoms in total. The maximum atomic E-state index is 13.0. The van der Waals surface area contributed by atoms with Gasteiger partial charge in [-0.1, -0.05) is 316 Å². The molecule has 0 bridgehead atoms. The van der Waals surface area contributed by atoms with Crippen molar-refractivity contribution in [1.82, 2.24) is 5.32 Å². The van der Waals surface area contributed by atoms with Crippen LogP contribution in [0.5, 0.6) is 0 Å². The summed E-state index contributed by atoms with van der Waals surface area (Å²) in [6.45, 7) is 4.94. The lowest BCUT2D eigenvalue weighted by atomic mass is 10.0. The second-order valence-corrected chi connectivity index (χ2v) is 24.6. The number of aliphatic hydroxyl groups excluding tert-OH is 1. The van der Waals surface area contributed by atoms with Gasteiger partial charge in [-0.15, -0.1) is 0 Å². The molecule has 0 aliphatic rings. The lowest BCUT2D eigenvalue weighted by Gasteiger charge is -2.26. The predicted molar refractivity (Wildman–Crippen MR) is 305 cm³/mol. The van der Waals surface area contributed by atoms with Crippen LogP contribution < -0.4 is 5.32 Å². The van der Waals surface area contributed by atoms with Crippen molar-refractivity contribution in [3.63, 3.8) is 0 Å². The zero-order valence-corrected chi connectivity index (χ0v) is 48.9. The van der Waals surface area contributed by atoms with E-state index in [1.165, 1.54) is 270 Å². The molecule has 9 heteroatoms. The Morgan fingerprint density at radius 3 is 0.957 bits per heavy atom. The number of aliphatic hydroxyl groups is 1. The fourth-order valence-electron chi connectivity index (χ4n) is 9.93. The average Bonchev–Trinajstić information content (AvgIpc) is 3.32. The summed E-state index contributed by atoms with van der Waals surface area (Å²) in [5.74, 6) is -0.136. The quantitative estimate of drug-likeness (QED) is 0.0318. The number of carbonyl (C=O) groups is 1. The van der Waals surface area contributed by atoms with Gasteiger partial charge in [0, 0.05) is 6.42 Å². The normalized spacial score (nSPS) is 13.8. The van der Waals surface area contributed by atoms with E-state index in [0.29, 0.717) is 23.9 Å². The van der Waals surface area contributed by atoms with Crippen molar-refractivity contribution >= 4 is 13.7 Å². The Morgan fingerprint density at radius 2 is 0.686 bits per heavy atom. The van der Waals surface area contributed by atoms with Crippen molar-refractivity contribution < 1.29 is 32.9 Å². The monoisotopic (exact) mass is 1010 g/mol. The van der Waals surface area contributed by atoms with E-state index < -0.39 is 20.0 Å². The van der Waals surface area contributed by atoms with E-state index >= 15 is 0 Å². The first-order valence-corrected chi connectivity index (χ1v) is 32.9. The number of quaternary nitrogens is 1. The number of unbranched alkanes of at least 4 members (excludes halogenated alkanes) is 46. The number of phosphoric acid groups is 1. The van der Waals surface area contributed by atoms with E-state index in [2.05, 4.69) is 19.2 Å². The van der Waals surface area contributed by atoms with Gasteiger partial charge in [-0.25, -0.2) is 4.57 Å². The molecule has 0 rings (SSSR count). The third kappa shape index (κ3) is 55.3. The number of likely N-dealkylation sites (N-methyl/N-ethyl adjacent to an activating group) is 1. The summed E-state index contributed by atoms with van der Waals surface area (Å²) in [7, 11) is 1.64. The van der Waals surface area contributed by atoms with Crippen LogP contribution in [0.15, 0.2) is 0 Å². The van der Waals surface area contributed by atoms with Gasteiger partial charge < -0.3 is 19.8 Å². The average molecular weight is 1010 g/mol. The van der Waals surface area contributed by atoms with E-state index in [4.69, 9.17) is 9.05 Å². The molecule has 0 fully saturated rings. The maximum Gasteiger partial charge on any atom is 0.472 e. The van der Waals surface area contributed by atoms with Crippen molar-refractivity contribution in [3.05, 3.63) is 0 Å². The molecule has 0 aromatic heterocycles. The standard InChI is InChI=1S/C61H125N2O6P/c1-6-8-10-12-14-16-18-20-22-23-24-25-26-27-28-29-30-31-32-33-34-35-36-37-38-39-40-41-43-45-47-49-51-53-55-61(65)62-59(58-69-70(66,67)68-57-56-63(3,4)5)60(64)54-52-50-48-46-44-42-21-19-17-15-13-11-9-7-2/h59-60,64H,6-58H2,1-5H3,(H-,62,65,66,67)/p+1/t59-,60+/m0/s1. The number of phosphoric ester groups is 1. The molecular weight excluding hydrogens is 888 g/mol. The van der Waals surface area contributed by atoms with Crippen molar-refractivity contribution in [1.29, 1.82) is 0 Å². The van der Waals surface area contributed by atoms with Gasteiger partial charge in [0.1, 0.15) is 13.2 Å². The minimum atomic E-state index is -4.32. The van der Waals surface area contributed by atoms with E-state index in [-0.39, 0.29) is 19.1 Å². The van der Waals surface area contributed by atoms with Crippen LogP contribution in [-0.2, 0) is 18.4 Å². The first kappa shape index (κ1) is 69.5. The van der Waals surface area contributed by atoms with Gasteiger partial charge >= 0.3 is 7.82 Å². The molecule has 1 amide bonds. The zero-order chi connectivity index (χ0) is 51.3. The Balaban J connectivity index is 3.89. The second-order valence-electron chi connectivity index (χ2n) is 23.2. The second kappa shape index (κ2) is 53.3. The number of amides is 1. The van der Waals surface area contributed by atoms with Crippen molar-refractivity contribution in [2.45, 2.75) is 347 Å². The molecule has 70 heavy (non-hydrogen) atoms. The minimum Gasteiger partial charge on any atom is -0.391 e. The fourth-order valence-corrected chi connectivity index (χ4v) is 10.7. The van der Waals surface area contributed by atoms with Crippen LogP contribution in [0.1, 0.15) is 335 Å². The Kier molecular flexibility index (Phi) is 52.9. The molecule has 3 N–H and O–H groups in total. The molecule has 1 unspecified atom stereocenters. The summed E-state index contributed by atoms with van der Waals surface area (Å²) in [5, 5.41) is 14.1. The number of hydrogen-bond donors (Lipinski definition) is 3. The van der Waals surface area contributed by atoms with Crippen LogP contribution in [0, 0.1) is 0 Å². The van der Waals surface area contributed by atoms with Gasteiger partial charge in [0.2, 0.25) is 5.91 Å². The van der Waals surface area contributed by atoms with E-state index in [1.807, 2.05) is 21.1 Å². The summed E-state index contributed by atoms with van der Waals surface area (Å²) >= 11 is 0. The molecule has 0 spiro atoms. The summed E-state index contributed by atoms with van der Waals surface area (Å²) in [6.07, 6.45) is 64.8. The van der Waals surface area contributed by atoms with Gasteiger partial charge in [0.15, 0.2) is 0 Å². The summed E-state index contributed by atoms with van der Waals surface area (Å²) in [4.78, 5) is 23.3. The maximum absolute atomic E-state index is 13.0. The zero-order valence-electron chi connectivity index (χ0n) is 48.1. The number of hydrogen-bond acceptors (Lipinski definition) is 5. The largest absolute Gasteiger partial charge is 0.472 e. The number of carbonyl (C=O) groups excluding carboxylic acids is 1. The summed E-state index contributed by atoms with van der Waals surface area (Å²) in [6, 6.07) is -0.755. The third-order valence-corrected chi connectivity index (χ3v) is 15.8. The highest BCUT2D eigenvalue weighted by molar-refractivity contribution is 7.47. The molecule has 0 aliphatic carbocycles.